The molecule has 1 N–H and O–H groups in total. The SMILES string of the molecule is COc1cccc([C@H]2CC(=O)C3=C(C2)NC(C)=C(C(=O)OCCOC(C)C)[C@H]3c2cccs2)c1. The van der Waals surface area contributed by atoms with Gasteiger partial charge in [0.1, 0.15) is 12.4 Å². The monoisotopic (exact) mass is 481 g/mol. The second-order valence-electron chi connectivity index (χ2n) is 8.86. The summed E-state index contributed by atoms with van der Waals surface area (Å²) in [5.41, 5.74) is 3.87. The number of ether oxygens (including phenoxy) is 3. The molecule has 34 heavy (non-hydrogen) atoms. The van der Waals surface area contributed by atoms with Crippen molar-refractivity contribution in [3.05, 3.63) is 74.8 Å². The molecule has 0 spiro atoms. The van der Waals surface area contributed by atoms with E-state index in [0.29, 0.717) is 30.6 Å². The van der Waals surface area contributed by atoms with E-state index < -0.39 is 11.9 Å². The van der Waals surface area contributed by atoms with Crippen LogP contribution in [0.25, 0.3) is 0 Å². The lowest BCUT2D eigenvalue weighted by molar-refractivity contribution is -0.141. The van der Waals surface area contributed by atoms with E-state index in [0.717, 1.165) is 27.6 Å². The van der Waals surface area contributed by atoms with E-state index in [9.17, 15) is 9.59 Å². The van der Waals surface area contributed by atoms with Crippen molar-refractivity contribution < 1.29 is 23.8 Å². The van der Waals surface area contributed by atoms with Gasteiger partial charge >= 0.3 is 5.97 Å². The summed E-state index contributed by atoms with van der Waals surface area (Å²) in [7, 11) is 1.64. The minimum atomic E-state index is -0.423. The van der Waals surface area contributed by atoms with Crippen LogP contribution in [0.2, 0.25) is 0 Å². The quantitative estimate of drug-likeness (QED) is 0.418. The molecule has 180 valence electrons. The largest absolute Gasteiger partial charge is 0.497 e. The number of ketones is 1. The summed E-state index contributed by atoms with van der Waals surface area (Å²) >= 11 is 1.55. The molecule has 0 saturated carbocycles. The zero-order chi connectivity index (χ0) is 24.2. The molecular formula is C27H31NO5S. The predicted octanol–water partition coefficient (Wildman–Crippen LogP) is 5.09. The highest BCUT2D eigenvalue weighted by molar-refractivity contribution is 7.10. The summed E-state index contributed by atoms with van der Waals surface area (Å²) in [6.07, 6.45) is 1.15. The highest BCUT2D eigenvalue weighted by Gasteiger charge is 2.41. The first-order valence-corrected chi connectivity index (χ1v) is 12.5. The van der Waals surface area contributed by atoms with Gasteiger partial charge in [0.2, 0.25) is 0 Å². The predicted molar refractivity (Wildman–Crippen MR) is 132 cm³/mol. The fourth-order valence-corrected chi connectivity index (χ4v) is 5.52. The average molecular weight is 482 g/mol. The molecule has 2 aromatic rings. The Labute approximate surface area is 204 Å². The summed E-state index contributed by atoms with van der Waals surface area (Å²) < 4.78 is 16.4. The Morgan fingerprint density at radius 2 is 2.00 bits per heavy atom. The van der Waals surface area contributed by atoms with Crippen LogP contribution in [0.3, 0.4) is 0 Å². The van der Waals surface area contributed by atoms with E-state index in [1.165, 1.54) is 0 Å². The number of thiophene rings is 1. The van der Waals surface area contributed by atoms with Crippen molar-refractivity contribution in [3.8, 4) is 5.75 Å². The van der Waals surface area contributed by atoms with Crippen LogP contribution in [0.4, 0.5) is 0 Å². The maximum Gasteiger partial charge on any atom is 0.336 e. The molecule has 7 heteroatoms. The van der Waals surface area contributed by atoms with Gasteiger partial charge in [0.15, 0.2) is 5.78 Å². The van der Waals surface area contributed by atoms with E-state index in [1.807, 2.05) is 62.5 Å². The highest BCUT2D eigenvalue weighted by Crippen LogP contribution is 2.46. The van der Waals surface area contributed by atoms with Crippen molar-refractivity contribution in [2.45, 2.75) is 51.6 Å². The van der Waals surface area contributed by atoms with Crippen LogP contribution in [-0.4, -0.2) is 38.2 Å². The lowest BCUT2D eigenvalue weighted by atomic mass is 9.73. The van der Waals surface area contributed by atoms with E-state index in [-0.39, 0.29) is 24.4 Å². The van der Waals surface area contributed by atoms with Gasteiger partial charge in [0.25, 0.3) is 0 Å². The molecule has 1 aromatic carbocycles. The van der Waals surface area contributed by atoms with Crippen LogP contribution in [-0.2, 0) is 19.1 Å². The summed E-state index contributed by atoms with van der Waals surface area (Å²) in [6, 6.07) is 11.8. The number of Topliss-reactive ketones (excluding diaryl/α,β-unsaturated/α-hetero) is 1. The van der Waals surface area contributed by atoms with Gasteiger partial charge in [0, 0.05) is 28.3 Å². The van der Waals surface area contributed by atoms with Gasteiger partial charge in [-0.05, 0) is 62.3 Å². The van der Waals surface area contributed by atoms with Gasteiger partial charge in [-0.2, -0.15) is 0 Å². The van der Waals surface area contributed by atoms with Crippen LogP contribution in [0.5, 0.6) is 5.75 Å². The Morgan fingerprint density at radius 3 is 2.71 bits per heavy atom. The molecule has 0 fully saturated rings. The number of esters is 1. The molecule has 4 rings (SSSR count). The van der Waals surface area contributed by atoms with E-state index in [4.69, 9.17) is 14.2 Å². The standard InChI is InChI=1S/C27H31NO5S/c1-16(2)32-10-11-33-27(30)24-17(3)28-21-14-19(18-7-5-8-20(13-18)31-4)15-22(29)25(21)26(24)23-9-6-12-34-23/h5-9,12-13,16,19,26,28H,10-11,14-15H2,1-4H3/t19-,26-/m1/s1. The van der Waals surface area contributed by atoms with Crippen molar-refractivity contribution >= 4 is 23.1 Å². The first kappa shape index (κ1) is 24.2. The fourth-order valence-electron chi connectivity index (χ4n) is 4.68. The summed E-state index contributed by atoms with van der Waals surface area (Å²) in [4.78, 5) is 27.7. The zero-order valence-corrected chi connectivity index (χ0v) is 20.9. The van der Waals surface area contributed by atoms with E-state index in [1.54, 1.807) is 18.4 Å². The second kappa shape index (κ2) is 10.6. The van der Waals surface area contributed by atoms with Crippen molar-refractivity contribution in [2.24, 2.45) is 0 Å². The van der Waals surface area contributed by atoms with Crippen LogP contribution in [0.1, 0.15) is 55.9 Å². The first-order chi connectivity index (χ1) is 16.4. The number of allylic oxidation sites excluding steroid dienone is 3. The lowest BCUT2D eigenvalue weighted by Crippen LogP contribution is -2.36. The summed E-state index contributed by atoms with van der Waals surface area (Å²) in [5, 5.41) is 5.36. The minimum absolute atomic E-state index is 0.0484. The molecule has 0 bridgehead atoms. The number of hydrogen-bond acceptors (Lipinski definition) is 7. The third-order valence-electron chi connectivity index (χ3n) is 6.21. The summed E-state index contributed by atoms with van der Waals surface area (Å²) in [6.45, 7) is 6.26. The third-order valence-corrected chi connectivity index (χ3v) is 7.15. The fraction of sp³-hybridized carbons (Fsp3) is 0.407. The molecule has 2 atom stereocenters. The number of carbonyl (C=O) groups is 2. The normalized spacial score (nSPS) is 20.3. The molecular weight excluding hydrogens is 450 g/mol. The van der Waals surface area contributed by atoms with Gasteiger partial charge in [-0.25, -0.2) is 4.79 Å². The van der Waals surface area contributed by atoms with Gasteiger partial charge < -0.3 is 19.5 Å². The number of benzene rings is 1. The van der Waals surface area contributed by atoms with Gasteiger partial charge in [-0.3, -0.25) is 4.79 Å². The topological polar surface area (TPSA) is 73.9 Å². The molecule has 0 saturated heterocycles. The van der Waals surface area contributed by atoms with Gasteiger partial charge in [0.05, 0.1) is 31.3 Å². The zero-order valence-electron chi connectivity index (χ0n) is 20.1. The van der Waals surface area contributed by atoms with Crippen LogP contribution in [0, 0.1) is 0 Å². The molecule has 1 aliphatic carbocycles. The first-order valence-electron chi connectivity index (χ1n) is 11.6. The Hall–Kier alpha value is -2.90. The number of methoxy groups -OCH3 is 1. The molecule has 1 aliphatic heterocycles. The Morgan fingerprint density at radius 1 is 1.18 bits per heavy atom. The maximum atomic E-state index is 13.6. The lowest BCUT2D eigenvalue weighted by Gasteiger charge is -2.36. The second-order valence-corrected chi connectivity index (χ2v) is 9.84. The molecule has 6 nitrogen and oxygen atoms in total. The molecule has 0 unspecified atom stereocenters. The number of dihydropyridines is 1. The number of nitrogens with one attached hydrogen (secondary N) is 1. The van der Waals surface area contributed by atoms with Gasteiger partial charge in [-0.15, -0.1) is 11.3 Å². The van der Waals surface area contributed by atoms with Crippen LogP contribution < -0.4 is 10.1 Å². The molecule has 1 aromatic heterocycles. The molecule has 0 amide bonds. The van der Waals surface area contributed by atoms with Crippen molar-refractivity contribution in [1.82, 2.24) is 5.32 Å². The van der Waals surface area contributed by atoms with Crippen LogP contribution >= 0.6 is 11.3 Å². The molecule has 2 aliphatic rings. The number of carbonyl (C=O) groups excluding carboxylic acids is 2. The highest BCUT2D eigenvalue weighted by atomic mass is 32.1. The minimum Gasteiger partial charge on any atom is -0.497 e. The Bertz CT molecular complexity index is 1120. The van der Waals surface area contributed by atoms with Gasteiger partial charge in [-0.1, -0.05) is 18.2 Å². The maximum absolute atomic E-state index is 13.6. The third kappa shape index (κ3) is 5.10. The van der Waals surface area contributed by atoms with Crippen molar-refractivity contribution in [1.29, 1.82) is 0 Å². The van der Waals surface area contributed by atoms with Crippen molar-refractivity contribution in [2.75, 3.05) is 20.3 Å². The molecule has 2 heterocycles. The molecule has 0 radical (unpaired) electrons. The van der Waals surface area contributed by atoms with E-state index in [2.05, 4.69) is 5.32 Å². The van der Waals surface area contributed by atoms with E-state index >= 15 is 0 Å². The Kier molecular flexibility index (Phi) is 7.54. The smallest absolute Gasteiger partial charge is 0.336 e. The number of rotatable bonds is 8. The van der Waals surface area contributed by atoms with Crippen molar-refractivity contribution in [3.63, 3.8) is 0 Å². The Balaban J connectivity index is 1.63. The van der Waals surface area contributed by atoms with Crippen LogP contribution in [0.15, 0.2) is 64.3 Å². The average Bonchev–Trinajstić information content (AvgIpc) is 3.35. The number of hydrogen-bond donors (Lipinski definition) is 1. The summed E-state index contributed by atoms with van der Waals surface area (Å²) in [5.74, 6) is 0.0483.